The molecule has 0 saturated carbocycles. The first-order valence-electron chi connectivity index (χ1n) is 7.64. The standard InChI is InChI=1S/C17H18F3N3O2/c1-12(14-7-4-5-10-21-14)23-16(24)22-11-9-13-6-2-3-8-15(13)25-17(18,19)20/h2-8,10,12H,9,11H2,1H3,(H2,22,23,24). The van der Waals surface area contributed by atoms with Crippen LogP contribution in [0.4, 0.5) is 18.0 Å². The zero-order chi connectivity index (χ0) is 18.3. The number of amides is 2. The zero-order valence-corrected chi connectivity index (χ0v) is 13.5. The molecular formula is C17H18F3N3O2. The molecule has 0 aliphatic heterocycles. The van der Waals surface area contributed by atoms with Gasteiger partial charge in [-0.3, -0.25) is 4.98 Å². The Kier molecular flexibility index (Phi) is 6.21. The lowest BCUT2D eigenvalue weighted by Crippen LogP contribution is -2.38. The third kappa shape index (κ3) is 6.33. The first kappa shape index (κ1) is 18.6. The molecule has 0 bridgehead atoms. The number of nitrogens with one attached hydrogen (secondary N) is 2. The summed E-state index contributed by atoms with van der Waals surface area (Å²) in [6.45, 7) is 1.95. The fraction of sp³-hybridized carbons (Fsp3) is 0.294. The quantitative estimate of drug-likeness (QED) is 0.834. The number of para-hydroxylation sites is 1. The van der Waals surface area contributed by atoms with Crippen LogP contribution in [0.5, 0.6) is 5.75 Å². The van der Waals surface area contributed by atoms with Crippen LogP contribution in [0.3, 0.4) is 0 Å². The molecule has 1 aromatic heterocycles. The lowest BCUT2D eigenvalue weighted by atomic mass is 10.1. The van der Waals surface area contributed by atoms with E-state index in [1.165, 1.54) is 18.2 Å². The van der Waals surface area contributed by atoms with Gasteiger partial charge < -0.3 is 15.4 Å². The topological polar surface area (TPSA) is 63.2 Å². The molecule has 1 heterocycles. The highest BCUT2D eigenvalue weighted by Gasteiger charge is 2.31. The van der Waals surface area contributed by atoms with E-state index in [1.807, 2.05) is 6.07 Å². The fourth-order valence-corrected chi connectivity index (χ4v) is 2.20. The average Bonchev–Trinajstić information content (AvgIpc) is 2.56. The van der Waals surface area contributed by atoms with E-state index in [2.05, 4.69) is 20.4 Å². The number of urea groups is 1. The van der Waals surface area contributed by atoms with Crippen molar-refractivity contribution in [2.45, 2.75) is 25.7 Å². The number of benzene rings is 1. The molecule has 134 valence electrons. The molecule has 0 aliphatic rings. The van der Waals surface area contributed by atoms with E-state index in [0.717, 1.165) is 0 Å². The van der Waals surface area contributed by atoms with Crippen molar-refractivity contribution in [1.82, 2.24) is 15.6 Å². The van der Waals surface area contributed by atoms with Crippen LogP contribution >= 0.6 is 0 Å². The molecule has 25 heavy (non-hydrogen) atoms. The van der Waals surface area contributed by atoms with Gasteiger partial charge in [0.15, 0.2) is 0 Å². The first-order valence-corrected chi connectivity index (χ1v) is 7.64. The maximum absolute atomic E-state index is 12.4. The summed E-state index contributed by atoms with van der Waals surface area (Å²) in [4.78, 5) is 16.0. The third-order valence-electron chi connectivity index (χ3n) is 3.36. The SMILES string of the molecule is CC(NC(=O)NCCc1ccccc1OC(F)(F)F)c1ccccn1. The number of carbonyl (C=O) groups is 1. The summed E-state index contributed by atoms with van der Waals surface area (Å²) in [5, 5.41) is 5.32. The summed E-state index contributed by atoms with van der Waals surface area (Å²) < 4.78 is 41.1. The molecule has 0 radical (unpaired) electrons. The second-order valence-electron chi connectivity index (χ2n) is 5.28. The van der Waals surface area contributed by atoms with Gasteiger partial charge in [-0.05, 0) is 37.1 Å². The molecule has 0 saturated heterocycles. The van der Waals surface area contributed by atoms with Crippen LogP contribution in [0, 0.1) is 0 Å². The van der Waals surface area contributed by atoms with Crippen LogP contribution in [0.2, 0.25) is 0 Å². The molecule has 0 fully saturated rings. The Morgan fingerprint density at radius 1 is 1.20 bits per heavy atom. The van der Waals surface area contributed by atoms with Crippen molar-refractivity contribution in [2.24, 2.45) is 0 Å². The van der Waals surface area contributed by atoms with Gasteiger partial charge in [-0.25, -0.2) is 4.79 Å². The Labute approximate surface area is 143 Å². The summed E-state index contributed by atoms with van der Waals surface area (Å²) in [6, 6.07) is 10.5. The molecule has 1 unspecified atom stereocenters. The molecule has 2 amide bonds. The van der Waals surface area contributed by atoms with Gasteiger partial charge in [-0.15, -0.1) is 13.2 Å². The number of ether oxygens (including phenoxy) is 1. The van der Waals surface area contributed by atoms with E-state index in [0.29, 0.717) is 11.3 Å². The first-order chi connectivity index (χ1) is 11.8. The van der Waals surface area contributed by atoms with Crippen molar-refractivity contribution in [3.63, 3.8) is 0 Å². The lowest BCUT2D eigenvalue weighted by molar-refractivity contribution is -0.274. The van der Waals surface area contributed by atoms with Crippen molar-refractivity contribution in [1.29, 1.82) is 0 Å². The normalized spacial score (nSPS) is 12.3. The number of hydrogen-bond acceptors (Lipinski definition) is 3. The van der Waals surface area contributed by atoms with Gasteiger partial charge in [-0.2, -0.15) is 0 Å². The Hall–Kier alpha value is -2.77. The Morgan fingerprint density at radius 2 is 1.92 bits per heavy atom. The van der Waals surface area contributed by atoms with Gasteiger partial charge in [-0.1, -0.05) is 24.3 Å². The maximum atomic E-state index is 12.4. The summed E-state index contributed by atoms with van der Waals surface area (Å²) in [6.07, 6.45) is -2.92. The number of aromatic nitrogens is 1. The van der Waals surface area contributed by atoms with E-state index in [4.69, 9.17) is 0 Å². The number of nitrogens with zero attached hydrogens (tertiary/aromatic N) is 1. The van der Waals surface area contributed by atoms with Gasteiger partial charge in [0.05, 0.1) is 11.7 Å². The Bertz CT molecular complexity index is 693. The molecule has 1 atom stereocenters. The number of alkyl halides is 3. The van der Waals surface area contributed by atoms with Gasteiger partial charge in [0.1, 0.15) is 5.75 Å². The number of halogens is 3. The highest BCUT2D eigenvalue weighted by Crippen LogP contribution is 2.26. The van der Waals surface area contributed by atoms with Gasteiger partial charge in [0.25, 0.3) is 0 Å². The number of pyridine rings is 1. The van der Waals surface area contributed by atoms with Crippen LogP contribution in [-0.2, 0) is 6.42 Å². The highest BCUT2D eigenvalue weighted by molar-refractivity contribution is 5.74. The van der Waals surface area contributed by atoms with Crippen molar-refractivity contribution in [2.75, 3.05) is 6.54 Å². The highest BCUT2D eigenvalue weighted by atomic mass is 19.4. The Balaban J connectivity index is 1.83. The van der Waals surface area contributed by atoms with Crippen LogP contribution in [0.1, 0.15) is 24.2 Å². The zero-order valence-electron chi connectivity index (χ0n) is 13.5. The summed E-state index contributed by atoms with van der Waals surface area (Å²) >= 11 is 0. The van der Waals surface area contributed by atoms with Crippen LogP contribution < -0.4 is 15.4 Å². The van der Waals surface area contributed by atoms with Crippen molar-refractivity contribution in [3.8, 4) is 5.75 Å². The average molecular weight is 353 g/mol. The third-order valence-corrected chi connectivity index (χ3v) is 3.36. The summed E-state index contributed by atoms with van der Waals surface area (Å²) in [7, 11) is 0. The molecule has 2 N–H and O–H groups in total. The Morgan fingerprint density at radius 3 is 2.60 bits per heavy atom. The molecule has 0 spiro atoms. The van der Waals surface area contributed by atoms with Gasteiger partial charge in [0, 0.05) is 12.7 Å². The number of hydrogen-bond donors (Lipinski definition) is 2. The maximum Gasteiger partial charge on any atom is 0.573 e. The molecule has 1 aromatic carbocycles. The van der Waals surface area contributed by atoms with Crippen LogP contribution in [0.25, 0.3) is 0 Å². The van der Waals surface area contributed by atoms with Crippen molar-refractivity contribution >= 4 is 6.03 Å². The minimum atomic E-state index is -4.75. The summed E-state index contributed by atoms with van der Waals surface area (Å²) in [5.74, 6) is -0.265. The van der Waals surface area contributed by atoms with Crippen molar-refractivity contribution < 1.29 is 22.7 Å². The predicted octanol–water partition coefficient (Wildman–Crippen LogP) is 3.58. The molecule has 0 aliphatic carbocycles. The minimum absolute atomic E-state index is 0.166. The van der Waals surface area contributed by atoms with E-state index in [-0.39, 0.29) is 24.8 Å². The minimum Gasteiger partial charge on any atom is -0.406 e. The predicted molar refractivity (Wildman–Crippen MR) is 86.0 cm³/mol. The number of rotatable bonds is 6. The molecular weight excluding hydrogens is 335 g/mol. The number of carbonyl (C=O) groups excluding carboxylic acids is 1. The lowest BCUT2D eigenvalue weighted by Gasteiger charge is -2.15. The van der Waals surface area contributed by atoms with E-state index < -0.39 is 12.4 Å². The van der Waals surface area contributed by atoms with Gasteiger partial charge >= 0.3 is 12.4 Å². The van der Waals surface area contributed by atoms with E-state index in [1.54, 1.807) is 31.3 Å². The van der Waals surface area contributed by atoms with Crippen molar-refractivity contribution in [3.05, 3.63) is 59.9 Å². The molecule has 2 aromatic rings. The smallest absolute Gasteiger partial charge is 0.406 e. The second-order valence-corrected chi connectivity index (χ2v) is 5.28. The van der Waals surface area contributed by atoms with E-state index >= 15 is 0 Å². The molecule has 2 rings (SSSR count). The molecule has 5 nitrogen and oxygen atoms in total. The van der Waals surface area contributed by atoms with Crippen LogP contribution in [-0.4, -0.2) is 23.9 Å². The fourth-order valence-electron chi connectivity index (χ4n) is 2.20. The monoisotopic (exact) mass is 353 g/mol. The van der Waals surface area contributed by atoms with Crippen LogP contribution in [0.15, 0.2) is 48.7 Å². The summed E-state index contributed by atoms with van der Waals surface area (Å²) in [5.41, 5.74) is 1.07. The van der Waals surface area contributed by atoms with Gasteiger partial charge in [0.2, 0.25) is 0 Å². The second kappa shape index (κ2) is 8.36. The molecule has 8 heteroatoms. The van der Waals surface area contributed by atoms with E-state index in [9.17, 15) is 18.0 Å². The largest absolute Gasteiger partial charge is 0.573 e.